The first-order valence-corrected chi connectivity index (χ1v) is 7.66. The van der Waals surface area contributed by atoms with Crippen LogP contribution in [0, 0.1) is 0 Å². The molecule has 3 rings (SSSR count). The first-order chi connectivity index (χ1) is 10.8. The van der Waals surface area contributed by atoms with E-state index in [1.54, 1.807) is 4.57 Å². The minimum atomic E-state index is 0.128. The van der Waals surface area contributed by atoms with Crippen LogP contribution in [0.5, 0.6) is 0 Å². The second-order valence-electron chi connectivity index (χ2n) is 5.46. The van der Waals surface area contributed by atoms with Crippen molar-refractivity contribution in [2.75, 3.05) is 6.54 Å². The fraction of sp³-hybridized carbons (Fsp3) is 0.211. The first kappa shape index (κ1) is 14.5. The Labute approximate surface area is 130 Å². The van der Waals surface area contributed by atoms with E-state index >= 15 is 0 Å². The molecule has 0 aliphatic carbocycles. The molecule has 1 heterocycles. The Morgan fingerprint density at radius 1 is 0.955 bits per heavy atom. The minimum absolute atomic E-state index is 0.128. The van der Waals surface area contributed by atoms with Gasteiger partial charge in [-0.25, -0.2) is 0 Å². The summed E-state index contributed by atoms with van der Waals surface area (Å²) in [6, 6.07) is 18.1. The van der Waals surface area contributed by atoms with Gasteiger partial charge in [-0.2, -0.15) is 0 Å². The van der Waals surface area contributed by atoms with E-state index in [2.05, 4.69) is 18.2 Å². The number of para-hydroxylation sites is 1. The van der Waals surface area contributed by atoms with Crippen LogP contribution in [0.25, 0.3) is 10.9 Å². The number of hydrogen-bond acceptors (Lipinski definition) is 2. The van der Waals surface area contributed by atoms with Crippen molar-refractivity contribution in [3.05, 3.63) is 71.9 Å². The number of rotatable bonds is 5. The molecule has 22 heavy (non-hydrogen) atoms. The Morgan fingerprint density at radius 3 is 2.45 bits per heavy atom. The highest BCUT2D eigenvalue weighted by molar-refractivity contribution is 5.94. The predicted molar refractivity (Wildman–Crippen MR) is 90.1 cm³/mol. The first-order valence-electron chi connectivity index (χ1n) is 7.66. The molecular formula is C19H20N2O. The van der Waals surface area contributed by atoms with Crippen molar-refractivity contribution in [1.29, 1.82) is 0 Å². The molecule has 0 aliphatic heterocycles. The van der Waals surface area contributed by atoms with E-state index in [1.165, 1.54) is 5.56 Å². The van der Waals surface area contributed by atoms with Gasteiger partial charge in [0.25, 0.3) is 0 Å². The third-order valence-corrected chi connectivity index (χ3v) is 3.95. The third kappa shape index (κ3) is 2.95. The van der Waals surface area contributed by atoms with Crippen LogP contribution in [-0.2, 0) is 12.8 Å². The van der Waals surface area contributed by atoms with E-state index < -0.39 is 0 Å². The Morgan fingerprint density at radius 2 is 1.68 bits per heavy atom. The van der Waals surface area contributed by atoms with Gasteiger partial charge in [0.15, 0.2) is 0 Å². The Kier molecular flexibility index (Phi) is 4.35. The van der Waals surface area contributed by atoms with Gasteiger partial charge >= 0.3 is 0 Å². The summed E-state index contributed by atoms with van der Waals surface area (Å²) < 4.78 is 1.78. The maximum Gasteiger partial charge on any atom is 0.231 e. The third-order valence-electron chi connectivity index (χ3n) is 3.95. The van der Waals surface area contributed by atoms with Crippen molar-refractivity contribution in [2.45, 2.75) is 19.3 Å². The van der Waals surface area contributed by atoms with Gasteiger partial charge in [0.2, 0.25) is 5.91 Å². The lowest BCUT2D eigenvalue weighted by Crippen LogP contribution is -2.10. The van der Waals surface area contributed by atoms with E-state index in [9.17, 15) is 4.79 Å². The van der Waals surface area contributed by atoms with E-state index in [1.807, 2.05) is 42.6 Å². The maximum atomic E-state index is 12.6. The lowest BCUT2D eigenvalue weighted by Gasteiger charge is -2.04. The molecule has 0 atom stereocenters. The molecule has 0 saturated heterocycles. The van der Waals surface area contributed by atoms with Gasteiger partial charge in [-0.3, -0.25) is 9.36 Å². The molecule has 112 valence electrons. The van der Waals surface area contributed by atoms with Crippen molar-refractivity contribution in [2.24, 2.45) is 5.73 Å². The molecule has 3 nitrogen and oxygen atoms in total. The molecule has 3 aromatic rings. The predicted octanol–water partition coefficient (Wildman–Crippen LogP) is 3.42. The standard InChI is InChI=1S/C19H20N2O/c20-13-12-16-14-21(18-9-5-4-8-17(16)18)19(22)11-10-15-6-2-1-3-7-15/h1-9,14H,10-13,20H2. The Balaban J connectivity index is 1.84. The molecule has 0 unspecified atom stereocenters. The van der Waals surface area contributed by atoms with Crippen LogP contribution in [0.1, 0.15) is 22.3 Å². The largest absolute Gasteiger partial charge is 0.330 e. The summed E-state index contributed by atoms with van der Waals surface area (Å²) in [7, 11) is 0. The smallest absolute Gasteiger partial charge is 0.231 e. The monoisotopic (exact) mass is 292 g/mol. The van der Waals surface area contributed by atoms with Gasteiger partial charge in [0.1, 0.15) is 0 Å². The molecule has 0 radical (unpaired) electrons. The molecule has 3 heteroatoms. The molecule has 0 spiro atoms. The number of fused-ring (bicyclic) bond motifs is 1. The van der Waals surface area contributed by atoms with Gasteiger partial charge in [-0.1, -0.05) is 48.5 Å². The summed E-state index contributed by atoms with van der Waals surface area (Å²) in [5.74, 6) is 0.128. The topological polar surface area (TPSA) is 48.0 Å². The number of carbonyl (C=O) groups excluding carboxylic acids is 1. The van der Waals surface area contributed by atoms with E-state index in [0.717, 1.165) is 29.3 Å². The number of aryl methyl sites for hydroxylation is 1. The van der Waals surface area contributed by atoms with Crippen LogP contribution >= 0.6 is 0 Å². The summed E-state index contributed by atoms with van der Waals surface area (Å²) in [6.07, 6.45) is 4.01. The Hall–Kier alpha value is -2.39. The summed E-state index contributed by atoms with van der Waals surface area (Å²) >= 11 is 0. The van der Waals surface area contributed by atoms with Crippen LogP contribution in [0.3, 0.4) is 0 Å². The van der Waals surface area contributed by atoms with Gasteiger partial charge < -0.3 is 5.73 Å². The van der Waals surface area contributed by atoms with Crippen molar-refractivity contribution < 1.29 is 4.79 Å². The number of nitrogens with two attached hydrogens (primary N) is 1. The second-order valence-corrected chi connectivity index (χ2v) is 5.46. The van der Waals surface area contributed by atoms with Crippen LogP contribution < -0.4 is 5.73 Å². The van der Waals surface area contributed by atoms with Gasteiger partial charge in [0, 0.05) is 18.0 Å². The van der Waals surface area contributed by atoms with Crippen molar-refractivity contribution in [3.63, 3.8) is 0 Å². The highest BCUT2D eigenvalue weighted by atomic mass is 16.2. The quantitative estimate of drug-likeness (QED) is 0.783. The van der Waals surface area contributed by atoms with Crippen LogP contribution in [-0.4, -0.2) is 17.0 Å². The number of carbonyl (C=O) groups is 1. The molecule has 0 bridgehead atoms. The summed E-state index contributed by atoms with van der Waals surface area (Å²) in [5.41, 5.74) is 8.99. The van der Waals surface area contributed by atoms with Gasteiger partial charge in [-0.05, 0) is 36.6 Å². The summed E-state index contributed by atoms with van der Waals surface area (Å²) in [4.78, 5) is 12.6. The van der Waals surface area contributed by atoms with Gasteiger partial charge in [0.05, 0.1) is 5.52 Å². The molecule has 2 aromatic carbocycles. The van der Waals surface area contributed by atoms with E-state index in [0.29, 0.717) is 13.0 Å². The number of benzene rings is 2. The number of nitrogens with zero attached hydrogens (tertiary/aromatic N) is 1. The zero-order valence-corrected chi connectivity index (χ0v) is 12.5. The van der Waals surface area contributed by atoms with Crippen LogP contribution in [0.2, 0.25) is 0 Å². The summed E-state index contributed by atoms with van der Waals surface area (Å²) in [6.45, 7) is 0.589. The fourth-order valence-corrected chi connectivity index (χ4v) is 2.83. The molecular weight excluding hydrogens is 272 g/mol. The minimum Gasteiger partial charge on any atom is -0.330 e. The molecule has 0 fully saturated rings. The van der Waals surface area contributed by atoms with Gasteiger partial charge in [-0.15, -0.1) is 0 Å². The SMILES string of the molecule is NCCc1cn(C(=O)CCc2ccccc2)c2ccccc12. The zero-order chi connectivity index (χ0) is 15.4. The second kappa shape index (κ2) is 6.58. The molecule has 1 aromatic heterocycles. The molecule has 0 amide bonds. The Bertz CT molecular complexity index is 774. The highest BCUT2D eigenvalue weighted by Crippen LogP contribution is 2.22. The summed E-state index contributed by atoms with van der Waals surface area (Å²) in [5, 5.41) is 1.13. The van der Waals surface area contributed by atoms with Crippen molar-refractivity contribution >= 4 is 16.8 Å². The molecule has 0 saturated carbocycles. The maximum absolute atomic E-state index is 12.6. The van der Waals surface area contributed by atoms with Crippen LogP contribution in [0.4, 0.5) is 0 Å². The van der Waals surface area contributed by atoms with Crippen LogP contribution in [0.15, 0.2) is 60.8 Å². The zero-order valence-electron chi connectivity index (χ0n) is 12.5. The molecule has 0 aliphatic rings. The van der Waals surface area contributed by atoms with E-state index in [-0.39, 0.29) is 5.91 Å². The lowest BCUT2D eigenvalue weighted by molar-refractivity contribution is 0.0908. The average molecular weight is 292 g/mol. The fourth-order valence-electron chi connectivity index (χ4n) is 2.83. The van der Waals surface area contributed by atoms with E-state index in [4.69, 9.17) is 5.73 Å². The lowest BCUT2D eigenvalue weighted by atomic mass is 10.1. The number of hydrogen-bond donors (Lipinski definition) is 1. The van der Waals surface area contributed by atoms with Crippen molar-refractivity contribution in [1.82, 2.24) is 4.57 Å². The average Bonchev–Trinajstić information content (AvgIpc) is 2.93. The normalized spacial score (nSPS) is 11.0. The molecule has 2 N–H and O–H groups in total. The highest BCUT2D eigenvalue weighted by Gasteiger charge is 2.12. The number of aromatic nitrogens is 1. The van der Waals surface area contributed by atoms with Crippen molar-refractivity contribution in [3.8, 4) is 0 Å².